The molecule has 2 N–H and O–H groups in total. The number of hydrogen-bond acceptors (Lipinski definition) is 10. The number of carbonyl (C=O) groups is 1. The highest BCUT2D eigenvalue weighted by Crippen LogP contribution is 2.49. The molecule has 2 aromatic rings. The fourth-order valence-corrected chi connectivity index (χ4v) is 6.49. The largest absolute Gasteiger partial charge is 0.450 e. The molecule has 14 heteroatoms. The molecule has 1 aromatic carbocycles. The number of benzene rings is 1. The number of nitrogens with two attached hydrogens (primary N) is 1. The van der Waals surface area contributed by atoms with Gasteiger partial charge in [-0.2, -0.15) is 8.42 Å². The van der Waals surface area contributed by atoms with E-state index in [1.54, 1.807) is 18.2 Å². The van der Waals surface area contributed by atoms with Crippen LogP contribution in [0.1, 0.15) is 37.4 Å². The highest BCUT2D eigenvalue weighted by molar-refractivity contribution is 7.90. The molecule has 0 amide bonds. The fraction of sp³-hybridized carbons (Fsp3) is 0.480. The Bertz CT molecular complexity index is 1530. The van der Waals surface area contributed by atoms with Gasteiger partial charge >= 0.3 is 11.7 Å². The Morgan fingerprint density at radius 2 is 1.79 bits per heavy atom. The van der Waals surface area contributed by atoms with Gasteiger partial charge in [-0.25, -0.2) is 13.8 Å². The summed E-state index contributed by atoms with van der Waals surface area (Å²) in [6.45, 7) is 9.94. The predicted molar refractivity (Wildman–Crippen MR) is 144 cm³/mol. The second-order valence-electron chi connectivity index (χ2n) is 11.1. The van der Waals surface area contributed by atoms with Crippen LogP contribution < -0.4 is 17.0 Å². The summed E-state index contributed by atoms with van der Waals surface area (Å²) in [6, 6.07) is 9.15. The zero-order valence-corrected chi connectivity index (χ0v) is 24.4. The molecular weight excluding hydrogens is 546 g/mol. The molecule has 0 saturated carbocycles. The molecule has 0 radical (unpaired) electrons. The predicted octanol–water partition coefficient (Wildman–Crippen LogP) is 1.59. The summed E-state index contributed by atoms with van der Waals surface area (Å²) in [5.74, 6) is -0.821. The number of ether oxygens (including phenoxy) is 2. The molecule has 1 saturated heterocycles. The van der Waals surface area contributed by atoms with Crippen LogP contribution in [0.25, 0.3) is 0 Å². The minimum Gasteiger partial charge on any atom is -0.450 e. The van der Waals surface area contributed by atoms with E-state index in [9.17, 15) is 22.8 Å². The van der Waals surface area contributed by atoms with Gasteiger partial charge in [0.15, 0.2) is 26.3 Å². The van der Waals surface area contributed by atoms with Gasteiger partial charge in [-0.1, -0.05) is 39.0 Å². The number of hydrogen-bond donors (Lipinski definition) is 1. The topological polar surface area (TPSA) is 158 Å². The molecule has 3 heterocycles. The highest BCUT2D eigenvalue weighted by Gasteiger charge is 2.67. The lowest BCUT2D eigenvalue weighted by atomic mass is 9.89. The number of aromatic nitrogens is 2. The Hall–Kier alpha value is -3.04. The molecule has 2 aliphatic rings. The Morgan fingerprint density at radius 3 is 2.36 bits per heavy atom. The van der Waals surface area contributed by atoms with Crippen molar-refractivity contribution in [2.24, 2.45) is 12.8 Å². The first kappa shape index (κ1) is 29.0. The van der Waals surface area contributed by atoms with Gasteiger partial charge in [0.2, 0.25) is 0 Å². The van der Waals surface area contributed by atoms with Crippen LogP contribution >= 0.6 is 0 Å². The number of nitrogens with zero attached hydrogens (tertiary/aromatic N) is 2. The van der Waals surface area contributed by atoms with Crippen molar-refractivity contribution in [3.8, 4) is 0 Å². The van der Waals surface area contributed by atoms with Crippen molar-refractivity contribution in [1.29, 1.82) is 0 Å². The van der Waals surface area contributed by atoms with E-state index in [0.717, 1.165) is 20.6 Å². The van der Waals surface area contributed by atoms with Crippen LogP contribution in [0, 0.1) is 0 Å². The Kier molecular flexibility index (Phi) is 7.32. The van der Waals surface area contributed by atoms with Gasteiger partial charge in [-0.3, -0.25) is 13.9 Å². The molecule has 39 heavy (non-hydrogen) atoms. The standard InChI is InChI=1S/C25H33N3O9SSi/c1-24(2,3)39(5,6)34-14-18-25(17(26)15-38(32,33)37-25)20(36-22(30)16-10-8-7-9-11-16)21(35-18)28-13-12-19(29)27(4)23(28)31/h7-13,15,18,20-21H,14,26H2,1-6H3/t18-,20+,21-,25?/m1/s1. The van der Waals surface area contributed by atoms with Gasteiger partial charge in [0.25, 0.3) is 15.7 Å². The minimum absolute atomic E-state index is 0.170. The van der Waals surface area contributed by atoms with Crippen LogP contribution in [0.3, 0.4) is 0 Å². The summed E-state index contributed by atoms with van der Waals surface area (Å²) in [6.07, 6.45) is -2.98. The minimum atomic E-state index is -4.31. The lowest BCUT2D eigenvalue weighted by Crippen LogP contribution is -2.56. The molecular formula is C25H33N3O9SSi. The third-order valence-electron chi connectivity index (χ3n) is 7.58. The van der Waals surface area contributed by atoms with Gasteiger partial charge in [0.05, 0.1) is 23.3 Å². The maximum atomic E-state index is 13.2. The molecule has 0 aliphatic carbocycles. The average Bonchev–Trinajstić information content (AvgIpc) is 3.27. The third kappa shape index (κ3) is 5.14. The van der Waals surface area contributed by atoms with Gasteiger partial charge in [-0.05, 0) is 30.3 Å². The van der Waals surface area contributed by atoms with E-state index < -0.39 is 59.7 Å². The third-order valence-corrected chi connectivity index (χ3v) is 13.1. The van der Waals surface area contributed by atoms with Gasteiger partial charge in [-0.15, -0.1) is 0 Å². The zero-order valence-electron chi connectivity index (χ0n) is 22.6. The van der Waals surface area contributed by atoms with Crippen molar-refractivity contribution < 1.29 is 31.3 Å². The molecule has 4 rings (SSSR count). The van der Waals surface area contributed by atoms with Crippen molar-refractivity contribution in [2.45, 2.75) is 62.9 Å². The Morgan fingerprint density at radius 1 is 1.15 bits per heavy atom. The quantitative estimate of drug-likeness (QED) is 0.303. The fourth-order valence-electron chi connectivity index (χ4n) is 4.26. The number of esters is 1. The SMILES string of the molecule is Cn1c(=O)ccn([C@@H]2O[C@H](CO[Si](C)(C)C(C)(C)C)C3(OS(=O)(=O)C=C3N)[C@H]2OC(=O)c2ccccc2)c1=O. The van der Waals surface area contributed by atoms with Gasteiger partial charge in [0, 0.05) is 19.3 Å². The summed E-state index contributed by atoms with van der Waals surface area (Å²) in [4.78, 5) is 38.4. The van der Waals surface area contributed by atoms with E-state index in [1.165, 1.54) is 25.4 Å². The first-order valence-electron chi connectivity index (χ1n) is 12.3. The maximum absolute atomic E-state index is 13.2. The van der Waals surface area contributed by atoms with Crippen LogP contribution in [-0.2, 0) is 35.2 Å². The Balaban J connectivity index is 1.86. The van der Waals surface area contributed by atoms with Crippen LogP contribution in [0.4, 0.5) is 0 Å². The Labute approximate surface area is 227 Å². The van der Waals surface area contributed by atoms with E-state index >= 15 is 0 Å². The molecule has 212 valence electrons. The lowest BCUT2D eigenvalue weighted by Gasteiger charge is -2.39. The summed E-state index contributed by atoms with van der Waals surface area (Å²) >= 11 is 0. The molecule has 12 nitrogen and oxygen atoms in total. The van der Waals surface area contributed by atoms with Crippen molar-refractivity contribution in [3.63, 3.8) is 0 Å². The monoisotopic (exact) mass is 579 g/mol. The van der Waals surface area contributed by atoms with Crippen LogP contribution in [0.15, 0.2) is 63.3 Å². The van der Waals surface area contributed by atoms with Crippen molar-refractivity contribution in [1.82, 2.24) is 9.13 Å². The summed E-state index contributed by atoms with van der Waals surface area (Å²) in [5, 5.41) is 0.543. The molecule has 1 fully saturated rings. The van der Waals surface area contributed by atoms with Gasteiger partial charge < -0.3 is 19.6 Å². The van der Waals surface area contributed by atoms with E-state index in [1.807, 2.05) is 33.9 Å². The first-order chi connectivity index (χ1) is 18.0. The zero-order chi connectivity index (χ0) is 29.0. The summed E-state index contributed by atoms with van der Waals surface area (Å²) in [5.41, 5.74) is 2.82. The molecule has 1 aromatic heterocycles. The molecule has 1 unspecified atom stereocenters. The van der Waals surface area contributed by atoms with E-state index in [4.69, 9.17) is 23.8 Å². The summed E-state index contributed by atoms with van der Waals surface area (Å²) in [7, 11) is -5.43. The van der Waals surface area contributed by atoms with Crippen LogP contribution in [0.5, 0.6) is 0 Å². The van der Waals surface area contributed by atoms with Gasteiger partial charge in [0.1, 0.15) is 6.10 Å². The second-order valence-corrected chi connectivity index (χ2v) is 17.3. The first-order valence-corrected chi connectivity index (χ1v) is 16.6. The summed E-state index contributed by atoms with van der Waals surface area (Å²) < 4.78 is 51.3. The number of rotatable bonds is 6. The smallest absolute Gasteiger partial charge is 0.338 e. The second kappa shape index (κ2) is 9.85. The number of carbonyl (C=O) groups excluding carboxylic acids is 1. The van der Waals surface area contributed by atoms with Crippen molar-refractivity contribution >= 4 is 24.4 Å². The maximum Gasteiger partial charge on any atom is 0.338 e. The van der Waals surface area contributed by atoms with E-state index in [2.05, 4.69) is 0 Å². The van der Waals surface area contributed by atoms with E-state index in [-0.39, 0.29) is 22.9 Å². The molecule has 0 bridgehead atoms. The van der Waals surface area contributed by atoms with Crippen LogP contribution in [0.2, 0.25) is 18.1 Å². The molecule has 1 spiro atoms. The van der Waals surface area contributed by atoms with Crippen molar-refractivity contribution in [3.05, 3.63) is 80.1 Å². The van der Waals surface area contributed by atoms with E-state index in [0.29, 0.717) is 0 Å². The average molecular weight is 580 g/mol. The molecule has 4 atom stereocenters. The van der Waals surface area contributed by atoms with Crippen molar-refractivity contribution in [2.75, 3.05) is 6.61 Å². The normalized spacial score (nSPS) is 26.5. The molecule has 2 aliphatic heterocycles. The van der Waals surface area contributed by atoms with Crippen LogP contribution in [-0.4, -0.2) is 56.3 Å². The lowest BCUT2D eigenvalue weighted by molar-refractivity contribution is -0.0596. The highest BCUT2D eigenvalue weighted by atomic mass is 32.2.